The van der Waals surface area contributed by atoms with Gasteiger partial charge in [0.05, 0.1) is 27.7 Å². The molecular weight excluding hydrogens is 526 g/mol. The lowest BCUT2D eigenvalue weighted by Gasteiger charge is -2.15. The van der Waals surface area contributed by atoms with Crippen LogP contribution in [0.1, 0.15) is 19.8 Å². The minimum absolute atomic E-state index is 0.00977. The van der Waals surface area contributed by atoms with E-state index in [0.717, 1.165) is 27.5 Å². The molecule has 0 bridgehead atoms. The number of anilines is 1. The normalized spacial score (nSPS) is 14.2. The Kier molecular flexibility index (Phi) is 7.02. The highest BCUT2D eigenvalue weighted by Crippen LogP contribution is 2.35. The van der Waals surface area contributed by atoms with Crippen LogP contribution in [-0.4, -0.2) is 43.7 Å². The first-order valence-corrected chi connectivity index (χ1v) is 14.8. The van der Waals surface area contributed by atoms with Crippen molar-refractivity contribution in [2.24, 2.45) is 0 Å². The summed E-state index contributed by atoms with van der Waals surface area (Å²) >= 11 is 1.10. The number of fused-ring (bicyclic) bond motifs is 1. The molecular formula is C22H21N5O6S3. The number of sulfonamides is 1. The fourth-order valence-corrected chi connectivity index (χ4v) is 6.31. The van der Waals surface area contributed by atoms with Gasteiger partial charge in [0.25, 0.3) is 15.6 Å². The SMILES string of the molecule is CCC1=CCC=C(S(=O)(=O)NC(=O)Nc2ccc(-n3cnc4ccc(S(C)(=O)=O)cc4c3=O)nc2)S1. The number of carbonyl (C=O) groups is 1. The average molecular weight is 548 g/mol. The van der Waals surface area contributed by atoms with Gasteiger partial charge in [-0.25, -0.2) is 36.3 Å². The maximum Gasteiger partial charge on any atom is 0.333 e. The minimum atomic E-state index is -4.03. The molecule has 1 aliphatic rings. The third kappa shape index (κ3) is 5.50. The molecule has 3 heterocycles. The molecule has 2 aromatic heterocycles. The molecule has 1 aliphatic heterocycles. The zero-order valence-corrected chi connectivity index (χ0v) is 21.6. The van der Waals surface area contributed by atoms with Crippen LogP contribution in [0.15, 0.2) is 73.8 Å². The molecule has 3 aromatic rings. The fraction of sp³-hybridized carbons (Fsp3) is 0.182. The van der Waals surface area contributed by atoms with Gasteiger partial charge in [0.1, 0.15) is 16.4 Å². The molecule has 0 atom stereocenters. The predicted molar refractivity (Wildman–Crippen MR) is 138 cm³/mol. The number of sulfone groups is 1. The molecule has 0 spiro atoms. The Labute approximate surface area is 211 Å². The van der Waals surface area contributed by atoms with E-state index in [2.05, 4.69) is 15.3 Å². The number of nitrogens with one attached hydrogen (secondary N) is 2. The molecule has 0 unspecified atom stereocenters. The van der Waals surface area contributed by atoms with Crippen molar-refractivity contribution >= 4 is 54.2 Å². The molecule has 11 nitrogen and oxygen atoms in total. The van der Waals surface area contributed by atoms with Gasteiger partial charge in [-0.3, -0.25) is 9.36 Å². The molecule has 2 N–H and O–H groups in total. The summed E-state index contributed by atoms with van der Waals surface area (Å²) in [6.07, 6.45) is 8.17. The zero-order chi connectivity index (χ0) is 26.1. The van der Waals surface area contributed by atoms with E-state index in [1.54, 1.807) is 0 Å². The second-order valence-electron chi connectivity index (χ2n) is 7.72. The summed E-state index contributed by atoms with van der Waals surface area (Å²) in [4.78, 5) is 34.5. The van der Waals surface area contributed by atoms with Gasteiger partial charge >= 0.3 is 6.03 Å². The monoisotopic (exact) mass is 547 g/mol. The standard InChI is InChI=1S/C22H21N5O6S3/c1-3-15-5-4-6-20(34-15)36(32,33)26-22(29)25-14-7-10-19(23-12-14)27-13-24-18-9-8-16(35(2,30)31)11-17(18)21(27)28/h5-13H,3-4H2,1-2H3,(H2,25,26,29). The number of pyridine rings is 1. The van der Waals surface area contributed by atoms with Crippen molar-refractivity contribution in [2.45, 2.75) is 24.7 Å². The first-order valence-electron chi connectivity index (χ1n) is 10.6. The van der Waals surface area contributed by atoms with Crippen molar-refractivity contribution in [1.29, 1.82) is 0 Å². The van der Waals surface area contributed by atoms with Crippen LogP contribution >= 0.6 is 11.8 Å². The van der Waals surface area contributed by atoms with E-state index in [4.69, 9.17) is 0 Å². The summed E-state index contributed by atoms with van der Waals surface area (Å²) in [5.41, 5.74) is -0.0130. The number of nitrogens with zero attached hydrogens (tertiary/aromatic N) is 3. The van der Waals surface area contributed by atoms with E-state index in [0.29, 0.717) is 18.4 Å². The van der Waals surface area contributed by atoms with Gasteiger partial charge in [-0.05, 0) is 48.1 Å². The van der Waals surface area contributed by atoms with Crippen LogP contribution in [0.2, 0.25) is 0 Å². The highest BCUT2D eigenvalue weighted by molar-refractivity contribution is 8.20. The quantitative estimate of drug-likeness (QED) is 0.473. The highest BCUT2D eigenvalue weighted by Gasteiger charge is 2.23. The minimum Gasteiger partial charge on any atom is -0.306 e. The third-order valence-corrected chi connectivity index (χ3v) is 9.37. The Morgan fingerprint density at radius 2 is 1.89 bits per heavy atom. The molecule has 36 heavy (non-hydrogen) atoms. The van der Waals surface area contributed by atoms with Gasteiger partial charge in [0, 0.05) is 6.26 Å². The molecule has 0 aliphatic carbocycles. The molecule has 2 amide bonds. The highest BCUT2D eigenvalue weighted by atomic mass is 32.3. The van der Waals surface area contributed by atoms with Gasteiger partial charge in [0.2, 0.25) is 0 Å². The van der Waals surface area contributed by atoms with Crippen molar-refractivity contribution < 1.29 is 21.6 Å². The maximum absolute atomic E-state index is 13.0. The number of urea groups is 1. The van der Waals surface area contributed by atoms with Crippen LogP contribution < -0.4 is 15.6 Å². The number of benzene rings is 1. The topological polar surface area (TPSA) is 157 Å². The molecule has 0 fully saturated rings. The van der Waals surface area contributed by atoms with Gasteiger partial charge in [-0.2, -0.15) is 0 Å². The van der Waals surface area contributed by atoms with E-state index in [9.17, 15) is 26.4 Å². The van der Waals surface area contributed by atoms with Crippen LogP contribution in [-0.2, 0) is 19.9 Å². The summed E-state index contributed by atoms with van der Waals surface area (Å²) < 4.78 is 51.9. The van der Waals surface area contributed by atoms with Crippen LogP contribution in [0.25, 0.3) is 16.7 Å². The van der Waals surface area contributed by atoms with Crippen LogP contribution in [0.3, 0.4) is 0 Å². The fourth-order valence-electron chi connectivity index (χ4n) is 3.31. The van der Waals surface area contributed by atoms with E-state index >= 15 is 0 Å². The number of allylic oxidation sites excluding steroid dienone is 3. The summed E-state index contributed by atoms with van der Waals surface area (Å²) in [6.45, 7) is 1.92. The lowest BCUT2D eigenvalue weighted by molar-refractivity contribution is 0.256. The number of carbonyl (C=O) groups excluding carboxylic acids is 1. The molecule has 0 saturated heterocycles. The number of rotatable bonds is 6. The number of hydrogen-bond acceptors (Lipinski definition) is 9. The second kappa shape index (κ2) is 9.87. The Morgan fingerprint density at radius 1 is 1.11 bits per heavy atom. The molecule has 188 valence electrons. The van der Waals surface area contributed by atoms with Crippen molar-refractivity contribution in [3.63, 3.8) is 0 Å². The lowest BCUT2D eigenvalue weighted by atomic mass is 10.2. The number of amides is 2. The Hall–Kier alpha value is -3.49. The molecule has 0 saturated carbocycles. The summed E-state index contributed by atoms with van der Waals surface area (Å²) in [5, 5.41) is 2.50. The summed E-state index contributed by atoms with van der Waals surface area (Å²) in [7, 11) is -7.55. The summed E-state index contributed by atoms with van der Waals surface area (Å²) in [6, 6.07) is 5.99. The number of hydrogen-bond donors (Lipinski definition) is 2. The first kappa shape index (κ1) is 25.6. The van der Waals surface area contributed by atoms with Gasteiger partial charge in [-0.15, -0.1) is 0 Å². The Bertz CT molecular complexity index is 1690. The second-order valence-corrected chi connectivity index (χ2v) is 12.8. The lowest BCUT2D eigenvalue weighted by Crippen LogP contribution is -2.34. The molecule has 0 radical (unpaired) electrons. The van der Waals surface area contributed by atoms with E-state index in [1.165, 1.54) is 48.9 Å². The Balaban J connectivity index is 1.51. The molecule has 1 aromatic carbocycles. The first-order chi connectivity index (χ1) is 17.0. The van der Waals surface area contributed by atoms with E-state index < -0.39 is 31.5 Å². The van der Waals surface area contributed by atoms with Crippen LogP contribution in [0, 0.1) is 0 Å². The predicted octanol–water partition coefficient (Wildman–Crippen LogP) is 2.91. The number of thioether (sulfide) groups is 1. The van der Waals surface area contributed by atoms with E-state index in [-0.39, 0.29) is 26.0 Å². The summed E-state index contributed by atoms with van der Waals surface area (Å²) in [5.74, 6) is 0.167. The van der Waals surface area contributed by atoms with Gasteiger partial charge < -0.3 is 5.32 Å². The molecule has 14 heteroatoms. The van der Waals surface area contributed by atoms with Crippen molar-refractivity contribution in [3.05, 3.63) is 74.5 Å². The van der Waals surface area contributed by atoms with Crippen molar-refractivity contribution in [2.75, 3.05) is 11.6 Å². The Morgan fingerprint density at radius 3 is 2.56 bits per heavy atom. The molecule has 4 rings (SSSR count). The smallest absolute Gasteiger partial charge is 0.306 e. The van der Waals surface area contributed by atoms with Gasteiger partial charge in [0.15, 0.2) is 9.84 Å². The van der Waals surface area contributed by atoms with Gasteiger partial charge in [-0.1, -0.05) is 30.8 Å². The maximum atomic E-state index is 13.0. The number of aromatic nitrogens is 3. The third-order valence-electron chi connectivity index (χ3n) is 5.11. The average Bonchev–Trinajstić information content (AvgIpc) is 2.84. The van der Waals surface area contributed by atoms with Crippen molar-refractivity contribution in [3.8, 4) is 5.82 Å². The van der Waals surface area contributed by atoms with Crippen LogP contribution in [0.4, 0.5) is 10.5 Å². The zero-order valence-electron chi connectivity index (χ0n) is 19.1. The van der Waals surface area contributed by atoms with Crippen LogP contribution in [0.5, 0.6) is 0 Å². The largest absolute Gasteiger partial charge is 0.333 e. The van der Waals surface area contributed by atoms with Crippen molar-refractivity contribution in [1.82, 2.24) is 19.3 Å². The van der Waals surface area contributed by atoms with E-state index in [1.807, 2.05) is 17.7 Å².